The van der Waals surface area contributed by atoms with Gasteiger partial charge in [0.05, 0.1) is 28.2 Å². The zero-order valence-electron chi connectivity index (χ0n) is 13.3. The Bertz CT molecular complexity index is 863. The number of pyridine rings is 1. The molecule has 0 aliphatic carbocycles. The average molecular weight is 363 g/mol. The molecule has 3 aromatic rings. The third-order valence-corrected chi connectivity index (χ3v) is 4.45. The Morgan fingerprint density at radius 2 is 2.20 bits per heavy atom. The zero-order chi connectivity index (χ0) is 17.8. The smallest absolute Gasteiger partial charge is 0.280 e. The van der Waals surface area contributed by atoms with Crippen molar-refractivity contribution in [3.8, 4) is 11.4 Å². The monoisotopic (exact) mass is 363 g/mol. The molecule has 0 fully saturated rings. The summed E-state index contributed by atoms with van der Waals surface area (Å²) >= 11 is 1.47. The average Bonchev–Trinajstić information content (AvgIpc) is 3.22. The highest BCUT2D eigenvalue weighted by atomic mass is 32.1. The number of thiazole rings is 1. The quantitative estimate of drug-likeness (QED) is 0.731. The van der Waals surface area contributed by atoms with Crippen LogP contribution in [-0.2, 0) is 13.5 Å². The van der Waals surface area contributed by atoms with E-state index in [-0.39, 0.29) is 11.3 Å². The van der Waals surface area contributed by atoms with Crippen molar-refractivity contribution in [1.29, 1.82) is 0 Å². The number of carbonyl (C=O) groups is 1. The Balaban J connectivity index is 1.59. The molecule has 9 heteroatoms. The molecule has 0 aromatic carbocycles. The van der Waals surface area contributed by atoms with Gasteiger partial charge in [-0.15, -0.1) is 11.3 Å². The number of halogens is 2. The third kappa shape index (κ3) is 3.87. The molecule has 6 nitrogen and oxygen atoms in total. The maximum atomic E-state index is 13.0. The molecule has 0 unspecified atom stereocenters. The first-order valence-electron chi connectivity index (χ1n) is 7.50. The Labute approximate surface area is 146 Å². The summed E-state index contributed by atoms with van der Waals surface area (Å²) in [4.78, 5) is 20.8. The van der Waals surface area contributed by atoms with Gasteiger partial charge in [-0.25, -0.2) is 13.8 Å². The molecule has 1 amide bonds. The summed E-state index contributed by atoms with van der Waals surface area (Å²) in [6, 6.07) is 5.59. The molecule has 0 radical (unpaired) electrons. The van der Waals surface area contributed by atoms with Crippen LogP contribution in [0.1, 0.15) is 27.5 Å². The Morgan fingerprint density at radius 3 is 2.92 bits per heavy atom. The highest BCUT2D eigenvalue weighted by molar-refractivity contribution is 7.09. The van der Waals surface area contributed by atoms with E-state index in [0.29, 0.717) is 13.0 Å². The van der Waals surface area contributed by atoms with Crippen molar-refractivity contribution in [3.05, 3.63) is 52.2 Å². The van der Waals surface area contributed by atoms with Crippen molar-refractivity contribution in [1.82, 2.24) is 25.1 Å². The second kappa shape index (κ2) is 7.47. The number of aryl methyl sites for hydroxylation is 1. The van der Waals surface area contributed by atoms with E-state index in [1.54, 1.807) is 6.20 Å². The van der Waals surface area contributed by atoms with Crippen LogP contribution in [0.4, 0.5) is 8.78 Å². The first-order chi connectivity index (χ1) is 12.1. The Morgan fingerprint density at radius 1 is 1.36 bits per heavy atom. The van der Waals surface area contributed by atoms with Crippen LogP contribution in [0, 0.1) is 0 Å². The lowest BCUT2D eigenvalue weighted by atomic mass is 10.2. The second-order valence-corrected chi connectivity index (χ2v) is 6.16. The molecule has 3 rings (SSSR count). The van der Waals surface area contributed by atoms with Crippen molar-refractivity contribution in [2.45, 2.75) is 12.8 Å². The van der Waals surface area contributed by atoms with Gasteiger partial charge in [0.25, 0.3) is 12.3 Å². The van der Waals surface area contributed by atoms with Crippen LogP contribution in [0.5, 0.6) is 0 Å². The second-order valence-electron chi connectivity index (χ2n) is 5.22. The highest BCUT2D eigenvalue weighted by Crippen LogP contribution is 2.22. The van der Waals surface area contributed by atoms with Crippen LogP contribution in [-0.4, -0.2) is 32.2 Å². The normalized spacial score (nSPS) is 11.0. The minimum atomic E-state index is -2.76. The molecular formula is C16H15F2N5OS. The van der Waals surface area contributed by atoms with Crippen LogP contribution in [0.15, 0.2) is 36.0 Å². The Hall–Kier alpha value is -2.68. The van der Waals surface area contributed by atoms with Crippen molar-refractivity contribution in [2.75, 3.05) is 6.54 Å². The molecule has 3 heterocycles. The maximum Gasteiger partial charge on any atom is 0.280 e. The standard InChI is InChI=1S/C16H15F2N5OS/c1-23-14(15(17)18)10(8-21-23)16(24)20-7-5-13-22-12(9-25-13)11-4-2-3-6-19-11/h2-4,6,8-9,15H,5,7H2,1H3,(H,20,24). The number of nitrogens with one attached hydrogen (secondary N) is 1. The topological polar surface area (TPSA) is 72.7 Å². The summed E-state index contributed by atoms with van der Waals surface area (Å²) in [5, 5.41) is 9.08. The predicted molar refractivity (Wildman–Crippen MR) is 89.5 cm³/mol. The lowest BCUT2D eigenvalue weighted by Crippen LogP contribution is -2.26. The van der Waals surface area contributed by atoms with E-state index >= 15 is 0 Å². The van der Waals surface area contributed by atoms with Gasteiger partial charge in [-0.1, -0.05) is 6.07 Å². The first-order valence-corrected chi connectivity index (χ1v) is 8.38. The maximum absolute atomic E-state index is 13.0. The molecule has 3 aromatic heterocycles. The van der Waals surface area contributed by atoms with Gasteiger partial charge in [0.2, 0.25) is 0 Å². The number of hydrogen-bond acceptors (Lipinski definition) is 5. The molecule has 1 N–H and O–H groups in total. The van der Waals surface area contributed by atoms with Gasteiger partial charge in [-0.05, 0) is 12.1 Å². The predicted octanol–water partition coefficient (Wildman–Crippen LogP) is 2.85. The lowest BCUT2D eigenvalue weighted by molar-refractivity contribution is 0.0937. The summed E-state index contributed by atoms with van der Waals surface area (Å²) in [5.41, 5.74) is 1.07. The number of aromatic nitrogens is 4. The van der Waals surface area contributed by atoms with Crippen LogP contribution in [0.2, 0.25) is 0 Å². The van der Waals surface area contributed by atoms with Crippen LogP contribution in [0.25, 0.3) is 11.4 Å². The van der Waals surface area contributed by atoms with Crippen LogP contribution >= 0.6 is 11.3 Å². The van der Waals surface area contributed by atoms with E-state index in [9.17, 15) is 13.6 Å². The summed E-state index contributed by atoms with van der Waals surface area (Å²) < 4.78 is 27.0. The van der Waals surface area contributed by atoms with Gasteiger partial charge in [-0.2, -0.15) is 5.10 Å². The summed E-state index contributed by atoms with van der Waals surface area (Å²) in [7, 11) is 1.38. The van der Waals surface area contributed by atoms with Gasteiger partial charge in [0.15, 0.2) is 0 Å². The lowest BCUT2D eigenvalue weighted by Gasteiger charge is -2.06. The third-order valence-electron chi connectivity index (χ3n) is 3.54. The van der Waals surface area contributed by atoms with E-state index in [1.807, 2.05) is 23.6 Å². The number of carbonyl (C=O) groups excluding carboxylic acids is 1. The van der Waals surface area contributed by atoms with Crippen molar-refractivity contribution >= 4 is 17.2 Å². The van der Waals surface area contributed by atoms with E-state index in [1.165, 1.54) is 18.4 Å². The van der Waals surface area contributed by atoms with E-state index in [0.717, 1.165) is 27.3 Å². The number of amides is 1. The van der Waals surface area contributed by atoms with Crippen molar-refractivity contribution in [3.63, 3.8) is 0 Å². The van der Waals surface area contributed by atoms with Gasteiger partial charge in [0.1, 0.15) is 5.69 Å². The van der Waals surface area contributed by atoms with E-state index < -0.39 is 12.3 Å². The molecule has 0 bridgehead atoms. The molecule has 0 saturated heterocycles. The zero-order valence-corrected chi connectivity index (χ0v) is 14.1. The number of alkyl halides is 2. The van der Waals surface area contributed by atoms with Gasteiger partial charge < -0.3 is 5.32 Å². The van der Waals surface area contributed by atoms with Crippen LogP contribution in [0.3, 0.4) is 0 Å². The largest absolute Gasteiger partial charge is 0.352 e. The minimum Gasteiger partial charge on any atom is -0.352 e. The number of rotatable bonds is 6. The molecule has 0 aliphatic heterocycles. The fraction of sp³-hybridized carbons (Fsp3) is 0.250. The van der Waals surface area contributed by atoms with Gasteiger partial charge in [0, 0.05) is 31.6 Å². The summed E-state index contributed by atoms with van der Waals surface area (Å²) in [6.07, 6.45) is 0.601. The van der Waals surface area contributed by atoms with Gasteiger partial charge >= 0.3 is 0 Å². The molecule has 0 aliphatic rings. The van der Waals surface area contributed by atoms with E-state index in [2.05, 4.69) is 20.4 Å². The van der Waals surface area contributed by atoms with Gasteiger partial charge in [-0.3, -0.25) is 14.5 Å². The molecule has 130 valence electrons. The summed E-state index contributed by atoms with van der Waals surface area (Å²) in [5.74, 6) is -0.565. The molecular weight excluding hydrogens is 348 g/mol. The van der Waals surface area contributed by atoms with Crippen molar-refractivity contribution in [2.24, 2.45) is 7.05 Å². The Kier molecular flexibility index (Phi) is 5.13. The minimum absolute atomic E-state index is 0.106. The first kappa shape index (κ1) is 17.2. The molecule has 0 spiro atoms. The number of nitrogens with zero attached hydrogens (tertiary/aromatic N) is 4. The number of hydrogen-bond donors (Lipinski definition) is 1. The molecule has 25 heavy (non-hydrogen) atoms. The molecule has 0 saturated carbocycles. The fourth-order valence-corrected chi connectivity index (χ4v) is 3.11. The van der Waals surface area contributed by atoms with E-state index in [4.69, 9.17) is 0 Å². The SMILES string of the molecule is Cn1ncc(C(=O)NCCc2nc(-c3ccccn3)cs2)c1C(F)F. The fourth-order valence-electron chi connectivity index (χ4n) is 2.32. The molecule has 0 atom stereocenters. The van der Waals surface area contributed by atoms with Crippen molar-refractivity contribution < 1.29 is 13.6 Å². The highest BCUT2D eigenvalue weighted by Gasteiger charge is 2.22. The summed E-state index contributed by atoms with van der Waals surface area (Å²) in [6.45, 7) is 0.297. The van der Waals surface area contributed by atoms with Crippen LogP contribution < -0.4 is 5.32 Å².